The van der Waals surface area contributed by atoms with Crippen LogP contribution < -0.4 is 16.0 Å². The van der Waals surface area contributed by atoms with Crippen LogP contribution in [0.5, 0.6) is 0 Å². The topological polar surface area (TPSA) is 129 Å². The molecular weight excluding hydrogens is 474 g/mol. The summed E-state index contributed by atoms with van der Waals surface area (Å²) in [5.41, 5.74) is 1.20. The monoisotopic (exact) mass is 509 g/mol. The molecule has 37 heavy (non-hydrogen) atoms. The fourth-order valence-electron chi connectivity index (χ4n) is 4.46. The molecule has 11 heteroatoms. The van der Waals surface area contributed by atoms with E-state index in [9.17, 15) is 19.2 Å². The number of carbonyl (C=O) groups excluding carboxylic acids is 4. The molecule has 0 bridgehead atoms. The number of nitrogens with zero attached hydrogens (tertiary/aromatic N) is 4. The first-order chi connectivity index (χ1) is 17.4. The molecule has 198 valence electrons. The Morgan fingerprint density at radius 1 is 1.14 bits per heavy atom. The molecule has 11 nitrogen and oxygen atoms in total. The summed E-state index contributed by atoms with van der Waals surface area (Å²) in [6.45, 7) is 9.08. The summed E-state index contributed by atoms with van der Waals surface area (Å²) < 4.78 is 1.45. The van der Waals surface area contributed by atoms with Crippen LogP contribution in [0.1, 0.15) is 57.7 Å². The quantitative estimate of drug-likeness (QED) is 0.548. The van der Waals surface area contributed by atoms with Crippen molar-refractivity contribution >= 4 is 35.3 Å². The van der Waals surface area contributed by atoms with Gasteiger partial charge in [-0.3, -0.25) is 28.9 Å². The highest BCUT2D eigenvalue weighted by molar-refractivity contribution is 5.97. The first-order valence-corrected chi connectivity index (χ1v) is 12.5. The summed E-state index contributed by atoms with van der Waals surface area (Å²) in [6.07, 6.45) is 0.805. The molecule has 1 saturated heterocycles. The highest BCUT2D eigenvalue weighted by atomic mass is 16.2. The zero-order valence-corrected chi connectivity index (χ0v) is 22.0. The molecule has 2 atom stereocenters. The van der Waals surface area contributed by atoms with Crippen molar-refractivity contribution in [1.29, 1.82) is 0 Å². The van der Waals surface area contributed by atoms with Gasteiger partial charge in [-0.1, -0.05) is 52.0 Å². The van der Waals surface area contributed by atoms with Gasteiger partial charge in [-0.15, -0.1) is 0 Å². The van der Waals surface area contributed by atoms with Gasteiger partial charge in [-0.05, 0) is 17.5 Å². The van der Waals surface area contributed by atoms with E-state index in [2.05, 4.69) is 21.0 Å². The lowest BCUT2D eigenvalue weighted by Gasteiger charge is -2.28. The molecule has 1 fully saturated rings. The van der Waals surface area contributed by atoms with Gasteiger partial charge in [0.15, 0.2) is 5.82 Å². The zero-order chi connectivity index (χ0) is 26.9. The van der Waals surface area contributed by atoms with Crippen molar-refractivity contribution in [2.45, 2.75) is 53.1 Å². The molecule has 0 spiro atoms. The number of hydrogen-bond acceptors (Lipinski definition) is 6. The van der Waals surface area contributed by atoms with Crippen LogP contribution in [0.15, 0.2) is 30.3 Å². The third-order valence-corrected chi connectivity index (χ3v) is 6.64. The van der Waals surface area contributed by atoms with E-state index in [1.165, 1.54) is 4.68 Å². The molecule has 1 aromatic heterocycles. The number of amides is 4. The lowest BCUT2D eigenvalue weighted by Crippen LogP contribution is -2.46. The molecule has 3 N–H and O–H groups in total. The van der Waals surface area contributed by atoms with Crippen LogP contribution >= 0.6 is 0 Å². The maximum absolute atomic E-state index is 13.3. The fourth-order valence-corrected chi connectivity index (χ4v) is 4.46. The Labute approximate surface area is 216 Å². The summed E-state index contributed by atoms with van der Waals surface area (Å²) in [6, 6.07) is 8.40. The smallest absolute Gasteiger partial charge is 0.264 e. The highest BCUT2D eigenvalue weighted by Gasteiger charge is 2.38. The number of aryl methyl sites for hydroxylation is 1. The highest BCUT2D eigenvalue weighted by Crippen LogP contribution is 2.30. The second kappa shape index (κ2) is 10.3. The molecule has 0 aliphatic carbocycles. The van der Waals surface area contributed by atoms with Gasteiger partial charge in [0.05, 0.1) is 0 Å². The average molecular weight is 510 g/mol. The van der Waals surface area contributed by atoms with Gasteiger partial charge in [0, 0.05) is 50.5 Å². The minimum absolute atomic E-state index is 0.0842. The molecule has 2 aliphatic rings. The largest absolute Gasteiger partial charge is 0.340 e. The van der Waals surface area contributed by atoms with E-state index in [4.69, 9.17) is 0 Å². The van der Waals surface area contributed by atoms with Gasteiger partial charge in [-0.25, -0.2) is 5.01 Å². The molecule has 2 aromatic rings. The van der Waals surface area contributed by atoms with E-state index in [0.29, 0.717) is 24.7 Å². The molecule has 3 heterocycles. The van der Waals surface area contributed by atoms with Gasteiger partial charge >= 0.3 is 0 Å². The number of nitrogens with one attached hydrogen (secondary N) is 3. The Morgan fingerprint density at radius 2 is 1.86 bits per heavy atom. The van der Waals surface area contributed by atoms with E-state index in [0.717, 1.165) is 24.1 Å². The average Bonchev–Trinajstić information content (AvgIpc) is 3.40. The standard InChI is InChI=1S/C26H35N7O4/c1-16(13-21(34)28-20-14-19(30-31(20)5)27-25(37)26(2,3)4)23(35)29-22-18-10-7-6-9-17(18)15-32-11-8-12-33(32)24(22)36/h6-7,9-10,14,16,22H,8,11-13,15H2,1-5H3,(H,28,34)(H,29,35)(H,27,30,37)/t16-,22+/m1/s1. The first kappa shape index (κ1) is 26.3. The number of rotatable bonds is 6. The number of fused-ring (bicyclic) bond motifs is 2. The van der Waals surface area contributed by atoms with Crippen molar-refractivity contribution in [1.82, 2.24) is 25.1 Å². The van der Waals surface area contributed by atoms with Crippen molar-refractivity contribution < 1.29 is 19.2 Å². The van der Waals surface area contributed by atoms with E-state index >= 15 is 0 Å². The number of carbonyl (C=O) groups is 4. The first-order valence-electron chi connectivity index (χ1n) is 12.5. The van der Waals surface area contributed by atoms with Crippen molar-refractivity contribution in [2.75, 3.05) is 23.7 Å². The van der Waals surface area contributed by atoms with Gasteiger partial charge in [0.25, 0.3) is 5.91 Å². The summed E-state index contributed by atoms with van der Waals surface area (Å²) in [5.74, 6) is -1.07. The number of anilines is 2. The van der Waals surface area contributed by atoms with Crippen LogP contribution in [0.2, 0.25) is 0 Å². The molecule has 4 amide bonds. The van der Waals surface area contributed by atoms with Crippen LogP contribution in [0.25, 0.3) is 0 Å². The predicted octanol–water partition coefficient (Wildman–Crippen LogP) is 2.19. The number of hydrazine groups is 1. The minimum Gasteiger partial charge on any atom is -0.340 e. The molecule has 2 aliphatic heterocycles. The SMILES string of the molecule is C[C@H](CC(=O)Nc1cc(NC(=O)C(C)(C)C)nn1C)C(=O)N[C@@H]1C(=O)N2CCCN2Cc2ccccc21. The molecule has 4 rings (SSSR count). The summed E-state index contributed by atoms with van der Waals surface area (Å²) in [5, 5.41) is 16.3. The van der Waals surface area contributed by atoms with Crippen molar-refractivity contribution in [3.05, 3.63) is 41.5 Å². The Morgan fingerprint density at radius 3 is 2.59 bits per heavy atom. The minimum atomic E-state index is -0.802. The third-order valence-electron chi connectivity index (χ3n) is 6.64. The van der Waals surface area contributed by atoms with E-state index in [-0.39, 0.29) is 30.0 Å². The van der Waals surface area contributed by atoms with Crippen LogP contribution in [0.4, 0.5) is 11.6 Å². The Bertz CT molecular complexity index is 1220. The molecule has 1 aromatic carbocycles. The van der Waals surface area contributed by atoms with Crippen LogP contribution in [0.3, 0.4) is 0 Å². The fraction of sp³-hybridized carbons (Fsp3) is 0.500. The normalized spacial score (nSPS) is 18.5. The second-order valence-electron chi connectivity index (χ2n) is 10.7. The van der Waals surface area contributed by atoms with Crippen molar-refractivity contribution in [2.24, 2.45) is 18.4 Å². The Kier molecular flexibility index (Phi) is 7.35. The Balaban J connectivity index is 1.39. The van der Waals surface area contributed by atoms with E-state index in [1.807, 2.05) is 29.3 Å². The van der Waals surface area contributed by atoms with Crippen LogP contribution in [-0.4, -0.2) is 56.5 Å². The number of hydrogen-bond donors (Lipinski definition) is 3. The lowest BCUT2D eigenvalue weighted by molar-refractivity contribution is -0.148. The molecule has 0 saturated carbocycles. The van der Waals surface area contributed by atoms with Gasteiger partial charge < -0.3 is 16.0 Å². The predicted molar refractivity (Wildman–Crippen MR) is 138 cm³/mol. The zero-order valence-electron chi connectivity index (χ0n) is 22.0. The van der Waals surface area contributed by atoms with Gasteiger partial charge in [-0.2, -0.15) is 5.10 Å². The maximum atomic E-state index is 13.3. The second-order valence-corrected chi connectivity index (χ2v) is 10.7. The van der Waals surface area contributed by atoms with E-state index in [1.54, 1.807) is 45.8 Å². The summed E-state index contributed by atoms with van der Waals surface area (Å²) in [7, 11) is 1.65. The van der Waals surface area contributed by atoms with Crippen molar-refractivity contribution in [3.8, 4) is 0 Å². The van der Waals surface area contributed by atoms with E-state index < -0.39 is 17.4 Å². The van der Waals surface area contributed by atoms with Gasteiger partial charge in [0.1, 0.15) is 11.9 Å². The molecule has 0 radical (unpaired) electrons. The maximum Gasteiger partial charge on any atom is 0.264 e. The molecular formula is C26H35N7O4. The van der Waals surface area contributed by atoms with Crippen molar-refractivity contribution in [3.63, 3.8) is 0 Å². The number of aromatic nitrogens is 2. The number of benzene rings is 1. The van der Waals surface area contributed by atoms with Crippen LogP contribution in [-0.2, 0) is 32.8 Å². The lowest BCUT2D eigenvalue weighted by atomic mass is 9.96. The summed E-state index contributed by atoms with van der Waals surface area (Å²) in [4.78, 5) is 51.4. The van der Waals surface area contributed by atoms with Crippen LogP contribution in [0, 0.1) is 11.3 Å². The molecule has 0 unspecified atom stereocenters. The van der Waals surface area contributed by atoms with Gasteiger partial charge in [0.2, 0.25) is 17.7 Å². The summed E-state index contributed by atoms with van der Waals surface area (Å²) >= 11 is 0. The Hall–Kier alpha value is -3.73. The third kappa shape index (κ3) is 5.82.